The Hall–Kier alpha value is -2.82. The first-order chi connectivity index (χ1) is 12.6. The maximum Gasteiger partial charge on any atom is 0.239 e. The van der Waals surface area contributed by atoms with Crippen molar-refractivity contribution in [1.29, 1.82) is 0 Å². The van der Waals surface area contributed by atoms with Crippen LogP contribution in [0.2, 0.25) is 0 Å². The molecule has 0 atom stereocenters. The van der Waals surface area contributed by atoms with Crippen molar-refractivity contribution in [1.82, 2.24) is 15.5 Å². The number of carbonyl (C=O) groups excluding carboxylic acids is 1. The minimum Gasteiger partial charge on any atom is -0.350 e. The minimum atomic E-state index is -0.0595. The Morgan fingerprint density at radius 3 is 2.23 bits per heavy atom. The Bertz CT molecular complexity index is 711. The fourth-order valence-electron chi connectivity index (χ4n) is 2.63. The van der Waals surface area contributed by atoms with Gasteiger partial charge in [0.05, 0.1) is 6.54 Å². The maximum absolute atomic E-state index is 12.0. The highest BCUT2D eigenvalue weighted by atomic mass is 16.1. The summed E-state index contributed by atoms with van der Waals surface area (Å²) in [5.74, 6) is 0.634. The first-order valence-electron chi connectivity index (χ1n) is 8.92. The Morgan fingerprint density at radius 2 is 1.62 bits per heavy atom. The molecule has 0 unspecified atom stereocenters. The van der Waals surface area contributed by atoms with Gasteiger partial charge in [-0.1, -0.05) is 61.5 Å². The van der Waals surface area contributed by atoms with Gasteiger partial charge in [0, 0.05) is 27.2 Å². The van der Waals surface area contributed by atoms with Gasteiger partial charge in [0.1, 0.15) is 0 Å². The summed E-state index contributed by atoms with van der Waals surface area (Å²) >= 11 is 0. The molecule has 2 aromatic carbocycles. The highest BCUT2D eigenvalue weighted by Gasteiger charge is 2.09. The molecule has 26 heavy (non-hydrogen) atoms. The topological polar surface area (TPSA) is 56.7 Å². The van der Waals surface area contributed by atoms with Gasteiger partial charge in [-0.3, -0.25) is 9.79 Å². The van der Waals surface area contributed by atoms with E-state index in [0.29, 0.717) is 12.5 Å². The molecule has 1 amide bonds. The average molecular weight is 352 g/mol. The van der Waals surface area contributed by atoms with Crippen molar-refractivity contribution in [3.63, 3.8) is 0 Å². The number of benzene rings is 2. The van der Waals surface area contributed by atoms with Crippen molar-refractivity contribution in [2.75, 3.05) is 20.6 Å². The van der Waals surface area contributed by atoms with Crippen molar-refractivity contribution in [3.05, 3.63) is 71.3 Å². The summed E-state index contributed by atoms with van der Waals surface area (Å²) < 4.78 is 0. The molecule has 0 radical (unpaired) electrons. The number of amides is 1. The van der Waals surface area contributed by atoms with Crippen molar-refractivity contribution in [3.8, 4) is 0 Å². The Morgan fingerprint density at radius 1 is 0.962 bits per heavy atom. The molecule has 0 spiro atoms. The van der Waals surface area contributed by atoms with Crippen LogP contribution in [-0.2, 0) is 24.3 Å². The molecule has 2 N–H and O–H groups in total. The average Bonchev–Trinajstić information content (AvgIpc) is 2.68. The molecule has 5 heteroatoms. The van der Waals surface area contributed by atoms with Crippen LogP contribution in [-0.4, -0.2) is 37.4 Å². The van der Waals surface area contributed by atoms with Crippen LogP contribution in [0.3, 0.4) is 0 Å². The normalized spacial score (nSPS) is 11.1. The monoisotopic (exact) mass is 352 g/mol. The lowest BCUT2D eigenvalue weighted by Gasteiger charge is -2.22. The van der Waals surface area contributed by atoms with E-state index in [1.807, 2.05) is 42.3 Å². The van der Waals surface area contributed by atoms with E-state index in [1.165, 1.54) is 11.1 Å². The van der Waals surface area contributed by atoms with Gasteiger partial charge in [-0.25, -0.2) is 0 Å². The van der Waals surface area contributed by atoms with Crippen molar-refractivity contribution < 1.29 is 4.79 Å². The van der Waals surface area contributed by atoms with Crippen molar-refractivity contribution in [2.45, 2.75) is 26.4 Å². The fraction of sp³-hybridized carbons (Fsp3) is 0.333. The Labute approximate surface area is 156 Å². The zero-order chi connectivity index (χ0) is 18.8. The van der Waals surface area contributed by atoms with Crippen LogP contribution in [0.5, 0.6) is 0 Å². The lowest BCUT2D eigenvalue weighted by Crippen LogP contribution is -2.43. The third kappa shape index (κ3) is 6.24. The van der Waals surface area contributed by atoms with E-state index in [4.69, 9.17) is 0 Å². The van der Waals surface area contributed by atoms with Crippen LogP contribution >= 0.6 is 0 Å². The summed E-state index contributed by atoms with van der Waals surface area (Å²) in [6, 6.07) is 18.4. The maximum atomic E-state index is 12.0. The quantitative estimate of drug-likeness (QED) is 0.595. The van der Waals surface area contributed by atoms with E-state index in [9.17, 15) is 4.79 Å². The van der Waals surface area contributed by atoms with Gasteiger partial charge < -0.3 is 15.5 Å². The second-order valence-corrected chi connectivity index (χ2v) is 6.19. The predicted molar refractivity (Wildman–Crippen MR) is 107 cm³/mol. The second-order valence-electron chi connectivity index (χ2n) is 6.19. The van der Waals surface area contributed by atoms with E-state index in [0.717, 1.165) is 18.5 Å². The van der Waals surface area contributed by atoms with Gasteiger partial charge in [0.25, 0.3) is 0 Å². The highest BCUT2D eigenvalue weighted by Crippen LogP contribution is 2.07. The van der Waals surface area contributed by atoms with Gasteiger partial charge >= 0.3 is 0 Å². The van der Waals surface area contributed by atoms with E-state index in [2.05, 4.69) is 46.8 Å². The first-order valence-corrected chi connectivity index (χ1v) is 8.92. The van der Waals surface area contributed by atoms with Gasteiger partial charge in [-0.15, -0.1) is 0 Å². The van der Waals surface area contributed by atoms with Gasteiger partial charge in [-0.05, 0) is 23.1 Å². The van der Waals surface area contributed by atoms with Crippen LogP contribution in [0.15, 0.2) is 59.6 Å². The largest absolute Gasteiger partial charge is 0.350 e. The molecule has 0 aliphatic rings. The van der Waals surface area contributed by atoms with E-state index in [1.54, 1.807) is 7.05 Å². The number of carbonyl (C=O) groups is 1. The number of nitrogens with one attached hydrogen (secondary N) is 2. The lowest BCUT2D eigenvalue weighted by atomic mass is 10.1. The van der Waals surface area contributed by atoms with E-state index < -0.39 is 0 Å². The Balaban J connectivity index is 1.79. The molecule has 0 bridgehead atoms. The van der Waals surface area contributed by atoms with Crippen LogP contribution in [0.1, 0.15) is 23.6 Å². The van der Waals surface area contributed by atoms with Crippen molar-refractivity contribution >= 4 is 11.9 Å². The van der Waals surface area contributed by atoms with E-state index in [-0.39, 0.29) is 12.5 Å². The number of hydrogen-bond acceptors (Lipinski definition) is 2. The molecular formula is C21H28N4O. The molecule has 0 heterocycles. The van der Waals surface area contributed by atoms with E-state index >= 15 is 0 Å². The number of aliphatic imine (C=N–C) groups is 1. The van der Waals surface area contributed by atoms with Crippen molar-refractivity contribution in [2.24, 2.45) is 4.99 Å². The number of hydrogen-bond donors (Lipinski definition) is 2. The molecule has 0 aliphatic heterocycles. The highest BCUT2D eigenvalue weighted by molar-refractivity contribution is 5.86. The molecule has 0 aliphatic carbocycles. The van der Waals surface area contributed by atoms with Gasteiger partial charge in [-0.2, -0.15) is 0 Å². The number of aryl methyl sites for hydroxylation is 1. The summed E-state index contributed by atoms with van der Waals surface area (Å²) in [5.41, 5.74) is 3.62. The molecular weight excluding hydrogens is 324 g/mol. The minimum absolute atomic E-state index is 0.0595. The third-order valence-electron chi connectivity index (χ3n) is 4.16. The second kappa shape index (κ2) is 10.2. The lowest BCUT2D eigenvalue weighted by molar-refractivity contribution is -0.120. The van der Waals surface area contributed by atoms with Gasteiger partial charge in [0.15, 0.2) is 5.96 Å². The SMILES string of the molecule is CCc1ccc(CN(C)C(=NC)NCC(=O)NCc2ccccc2)cc1. The summed E-state index contributed by atoms with van der Waals surface area (Å²) in [5, 5.41) is 6.02. The molecule has 2 aromatic rings. The standard InChI is InChI=1S/C21H28N4O/c1-4-17-10-12-19(13-11-17)16-25(3)21(22-2)24-15-20(26)23-14-18-8-6-5-7-9-18/h5-13H,4,14-16H2,1-3H3,(H,22,24)(H,23,26). The third-order valence-corrected chi connectivity index (χ3v) is 4.16. The number of rotatable bonds is 7. The molecule has 0 fully saturated rings. The first kappa shape index (κ1) is 19.5. The predicted octanol–water partition coefficient (Wildman–Crippen LogP) is 2.57. The molecule has 2 rings (SSSR count). The number of guanidine groups is 1. The van der Waals surface area contributed by atoms with Crippen LogP contribution in [0, 0.1) is 0 Å². The van der Waals surface area contributed by atoms with Crippen LogP contribution in [0.25, 0.3) is 0 Å². The zero-order valence-electron chi connectivity index (χ0n) is 15.8. The Kier molecular flexibility index (Phi) is 7.68. The van der Waals surface area contributed by atoms with Crippen LogP contribution < -0.4 is 10.6 Å². The zero-order valence-corrected chi connectivity index (χ0v) is 15.8. The summed E-state index contributed by atoms with van der Waals surface area (Å²) in [6.45, 7) is 3.60. The molecule has 0 aromatic heterocycles. The van der Waals surface area contributed by atoms with Crippen LogP contribution in [0.4, 0.5) is 0 Å². The molecule has 0 saturated heterocycles. The molecule has 5 nitrogen and oxygen atoms in total. The fourth-order valence-corrected chi connectivity index (χ4v) is 2.63. The summed E-state index contributed by atoms with van der Waals surface area (Å²) in [7, 11) is 3.69. The van der Waals surface area contributed by atoms with Gasteiger partial charge in [0.2, 0.25) is 5.91 Å². The molecule has 138 valence electrons. The summed E-state index contributed by atoms with van der Waals surface area (Å²) in [6.07, 6.45) is 1.04. The smallest absolute Gasteiger partial charge is 0.239 e. The summed E-state index contributed by atoms with van der Waals surface area (Å²) in [4.78, 5) is 18.3. The number of nitrogens with zero attached hydrogens (tertiary/aromatic N) is 2. The molecule has 0 saturated carbocycles.